The van der Waals surface area contributed by atoms with E-state index in [2.05, 4.69) is 4.74 Å². The highest BCUT2D eigenvalue weighted by atomic mass is 35.5. The Labute approximate surface area is 74.8 Å². The van der Waals surface area contributed by atoms with Crippen molar-refractivity contribution in [3.63, 3.8) is 0 Å². The van der Waals surface area contributed by atoms with Crippen LogP contribution in [-0.4, -0.2) is 13.6 Å². The van der Waals surface area contributed by atoms with E-state index in [4.69, 9.17) is 16.4 Å². The molecule has 0 aliphatic rings. The summed E-state index contributed by atoms with van der Waals surface area (Å²) < 4.78 is 4.73. The lowest BCUT2D eigenvalue weighted by molar-refractivity contribution is -0.126. The molecule has 0 N–H and O–H groups in total. The Hall–Kier alpha value is -0.540. The number of ether oxygens (including phenoxy) is 1. The number of rotatable bonds is 1. The van der Waals surface area contributed by atoms with Crippen LogP contribution in [0.2, 0.25) is 4.34 Å². The summed E-state index contributed by atoms with van der Waals surface area (Å²) in [5.74, 6) is 0. The zero-order valence-electron chi connectivity index (χ0n) is 6.33. The molecule has 0 radical (unpaired) electrons. The minimum absolute atomic E-state index is 0.375. The molecule has 0 amide bonds. The summed E-state index contributed by atoms with van der Waals surface area (Å²) in [7, 11) is 1.31. The van der Waals surface area contributed by atoms with Crippen molar-refractivity contribution in [2.75, 3.05) is 7.11 Å². The molecule has 1 aromatic heterocycles. The van der Waals surface area contributed by atoms with Gasteiger partial charge in [-0.1, -0.05) is 11.6 Å². The molecule has 0 saturated heterocycles. The average molecular weight is 193 g/mol. The van der Waals surface area contributed by atoms with Gasteiger partial charge in [-0.05, 0) is 19.1 Å². The Morgan fingerprint density at radius 3 is 2.27 bits per heavy atom. The van der Waals surface area contributed by atoms with Gasteiger partial charge in [-0.3, -0.25) is 4.79 Å². The zero-order chi connectivity index (χ0) is 8.69. The van der Waals surface area contributed by atoms with Crippen molar-refractivity contribution in [2.45, 2.75) is 6.92 Å². The molecule has 4 heteroatoms. The summed E-state index contributed by atoms with van der Waals surface area (Å²) >= 11 is 7.19. The second kappa shape index (κ2) is 6.19. The molecule has 0 spiro atoms. The third-order valence-corrected chi connectivity index (χ3v) is 1.95. The Kier molecular flexibility index (Phi) is 5.88. The third-order valence-electron chi connectivity index (χ3n) is 0.804. The van der Waals surface area contributed by atoms with Crippen LogP contribution in [0.15, 0.2) is 12.1 Å². The van der Waals surface area contributed by atoms with Crippen LogP contribution in [0, 0.1) is 6.92 Å². The summed E-state index contributed by atoms with van der Waals surface area (Å²) in [4.78, 5) is 10.2. The maximum absolute atomic E-state index is 8.95. The lowest BCUT2D eigenvalue weighted by Gasteiger charge is -1.69. The van der Waals surface area contributed by atoms with Crippen LogP contribution in [0.3, 0.4) is 0 Å². The fraction of sp³-hybridized carbons (Fsp3) is 0.286. The van der Waals surface area contributed by atoms with Gasteiger partial charge < -0.3 is 4.74 Å². The van der Waals surface area contributed by atoms with Gasteiger partial charge in [0.1, 0.15) is 0 Å². The summed E-state index contributed by atoms with van der Waals surface area (Å²) in [6, 6.07) is 3.91. The SMILES string of the molecule is COC=O.Cc1ccc(Cl)s1. The van der Waals surface area contributed by atoms with Crippen LogP contribution in [0.5, 0.6) is 0 Å². The molecule has 2 nitrogen and oxygen atoms in total. The Balaban J connectivity index is 0.000000218. The first kappa shape index (κ1) is 10.5. The van der Waals surface area contributed by atoms with Gasteiger partial charge in [0.15, 0.2) is 0 Å². The van der Waals surface area contributed by atoms with Crippen molar-refractivity contribution in [3.8, 4) is 0 Å². The van der Waals surface area contributed by atoms with Gasteiger partial charge in [0.2, 0.25) is 0 Å². The first-order valence-electron chi connectivity index (χ1n) is 2.89. The highest BCUT2D eigenvalue weighted by Gasteiger charge is 1.86. The number of hydrogen-bond acceptors (Lipinski definition) is 3. The molecule has 0 fully saturated rings. The van der Waals surface area contributed by atoms with Crippen LogP contribution in [0.4, 0.5) is 0 Å². The van der Waals surface area contributed by atoms with Crippen molar-refractivity contribution in [3.05, 3.63) is 21.3 Å². The van der Waals surface area contributed by atoms with Gasteiger partial charge in [-0.25, -0.2) is 0 Å². The predicted octanol–water partition coefficient (Wildman–Crippen LogP) is 2.50. The minimum atomic E-state index is 0.375. The molecule has 11 heavy (non-hydrogen) atoms. The molecule has 62 valence electrons. The van der Waals surface area contributed by atoms with Crippen LogP contribution in [0.1, 0.15) is 4.88 Å². The molecule has 0 saturated carbocycles. The number of hydrogen-bond donors (Lipinski definition) is 0. The lowest BCUT2D eigenvalue weighted by Crippen LogP contribution is -1.68. The van der Waals surface area contributed by atoms with E-state index < -0.39 is 0 Å². The standard InChI is InChI=1S/C5H5ClS.C2H4O2/c1-4-2-3-5(6)7-4;1-4-2-3/h2-3H,1H3;2H,1H3. The van der Waals surface area contributed by atoms with Crippen LogP contribution in [-0.2, 0) is 9.53 Å². The molecular weight excluding hydrogens is 184 g/mol. The van der Waals surface area contributed by atoms with Crippen molar-refractivity contribution in [1.29, 1.82) is 0 Å². The number of thiophene rings is 1. The second-order valence-corrected chi connectivity index (χ2v) is 3.60. The van der Waals surface area contributed by atoms with E-state index in [0.29, 0.717) is 6.47 Å². The van der Waals surface area contributed by atoms with Gasteiger partial charge in [0.25, 0.3) is 6.47 Å². The van der Waals surface area contributed by atoms with E-state index in [-0.39, 0.29) is 0 Å². The quantitative estimate of drug-likeness (QED) is 0.640. The summed E-state index contributed by atoms with van der Waals surface area (Å²) in [6.07, 6.45) is 0. The Bertz CT molecular complexity index is 193. The zero-order valence-corrected chi connectivity index (χ0v) is 7.91. The summed E-state index contributed by atoms with van der Waals surface area (Å²) in [5, 5.41) is 0. The van der Waals surface area contributed by atoms with E-state index in [1.54, 1.807) is 11.3 Å². The number of carbonyl (C=O) groups excluding carboxylic acids is 1. The maximum Gasteiger partial charge on any atom is 0.292 e. The topological polar surface area (TPSA) is 26.3 Å². The van der Waals surface area contributed by atoms with E-state index in [0.717, 1.165) is 4.34 Å². The van der Waals surface area contributed by atoms with Crippen molar-refractivity contribution >= 4 is 29.4 Å². The fourth-order valence-electron chi connectivity index (χ4n) is 0.405. The molecule has 0 unspecified atom stereocenters. The molecule has 0 aliphatic heterocycles. The van der Waals surface area contributed by atoms with Crippen molar-refractivity contribution in [1.82, 2.24) is 0 Å². The lowest BCUT2D eigenvalue weighted by atomic mass is 10.5. The highest BCUT2D eigenvalue weighted by Crippen LogP contribution is 2.19. The third kappa shape index (κ3) is 5.88. The van der Waals surface area contributed by atoms with Gasteiger partial charge in [-0.15, -0.1) is 11.3 Å². The Morgan fingerprint density at radius 2 is 2.18 bits per heavy atom. The van der Waals surface area contributed by atoms with Crippen LogP contribution < -0.4 is 0 Å². The minimum Gasteiger partial charge on any atom is -0.471 e. The van der Waals surface area contributed by atoms with Crippen molar-refractivity contribution in [2.24, 2.45) is 0 Å². The first-order valence-corrected chi connectivity index (χ1v) is 4.08. The van der Waals surface area contributed by atoms with Gasteiger partial charge >= 0.3 is 0 Å². The number of carbonyl (C=O) groups is 1. The molecular formula is C7H9ClO2S. The smallest absolute Gasteiger partial charge is 0.292 e. The fourth-order valence-corrected chi connectivity index (χ4v) is 1.41. The monoisotopic (exact) mass is 192 g/mol. The first-order chi connectivity index (χ1) is 5.20. The summed E-state index contributed by atoms with van der Waals surface area (Å²) in [5.41, 5.74) is 0. The van der Waals surface area contributed by atoms with Crippen LogP contribution in [0.25, 0.3) is 0 Å². The highest BCUT2D eigenvalue weighted by molar-refractivity contribution is 7.16. The molecule has 1 rings (SSSR count). The molecule has 0 bridgehead atoms. The Morgan fingerprint density at radius 1 is 1.64 bits per heavy atom. The number of halogens is 1. The van der Waals surface area contributed by atoms with Gasteiger partial charge in [0, 0.05) is 4.88 Å². The summed E-state index contributed by atoms with van der Waals surface area (Å²) in [6.45, 7) is 2.41. The van der Waals surface area contributed by atoms with Gasteiger partial charge in [-0.2, -0.15) is 0 Å². The van der Waals surface area contributed by atoms with E-state index in [9.17, 15) is 0 Å². The average Bonchev–Trinajstić information content (AvgIpc) is 2.35. The maximum atomic E-state index is 8.95. The largest absolute Gasteiger partial charge is 0.471 e. The normalized spacial score (nSPS) is 7.91. The molecule has 0 atom stereocenters. The molecule has 1 heterocycles. The van der Waals surface area contributed by atoms with Crippen LogP contribution >= 0.6 is 22.9 Å². The van der Waals surface area contributed by atoms with E-state index in [1.165, 1.54) is 12.0 Å². The van der Waals surface area contributed by atoms with Gasteiger partial charge in [0.05, 0.1) is 11.4 Å². The molecule has 0 aromatic carbocycles. The second-order valence-electron chi connectivity index (χ2n) is 1.68. The number of methoxy groups -OCH3 is 1. The van der Waals surface area contributed by atoms with E-state index >= 15 is 0 Å². The number of aryl methyl sites for hydroxylation is 1. The predicted molar refractivity (Wildman–Crippen MR) is 47.1 cm³/mol. The molecule has 0 aliphatic carbocycles. The van der Waals surface area contributed by atoms with Crippen molar-refractivity contribution < 1.29 is 9.53 Å². The van der Waals surface area contributed by atoms with E-state index in [1.807, 2.05) is 19.1 Å². The molecule has 1 aromatic rings.